The fourth-order valence-electron chi connectivity index (χ4n) is 4.74. The Labute approximate surface area is 199 Å². The smallest absolute Gasteiger partial charge is 0.267 e. The van der Waals surface area contributed by atoms with E-state index in [0.29, 0.717) is 22.8 Å². The van der Waals surface area contributed by atoms with E-state index >= 15 is 0 Å². The summed E-state index contributed by atoms with van der Waals surface area (Å²) in [6.45, 7) is 0.537. The van der Waals surface area contributed by atoms with Crippen molar-refractivity contribution in [1.29, 1.82) is 0 Å². The Hall–Kier alpha value is -2.96. The van der Waals surface area contributed by atoms with Gasteiger partial charge in [0, 0.05) is 48.3 Å². The van der Waals surface area contributed by atoms with Crippen molar-refractivity contribution < 1.29 is 4.79 Å². The van der Waals surface area contributed by atoms with Gasteiger partial charge in [-0.3, -0.25) is 9.59 Å². The van der Waals surface area contributed by atoms with Gasteiger partial charge < -0.3 is 10.6 Å². The third-order valence-electron chi connectivity index (χ3n) is 6.72. The van der Waals surface area contributed by atoms with E-state index in [1.807, 2.05) is 36.4 Å². The summed E-state index contributed by atoms with van der Waals surface area (Å²) in [5.74, 6) is -0.0726. The number of hydrogen-bond acceptors (Lipinski definition) is 4. The molecule has 0 spiro atoms. The van der Waals surface area contributed by atoms with Gasteiger partial charge in [0.05, 0.1) is 11.7 Å². The second-order valence-corrected chi connectivity index (χ2v) is 9.44. The van der Waals surface area contributed by atoms with Gasteiger partial charge in [-0.25, -0.2) is 4.68 Å². The normalized spacial score (nSPS) is 20.4. The number of nitrogens with two attached hydrogens (primary N) is 1. The molecule has 172 valence electrons. The Morgan fingerprint density at radius 1 is 1.12 bits per heavy atom. The number of rotatable bonds is 5. The number of nitrogens with zero attached hydrogens (tertiary/aromatic N) is 3. The number of amides is 1. The van der Waals surface area contributed by atoms with E-state index in [1.54, 1.807) is 41.9 Å². The van der Waals surface area contributed by atoms with E-state index in [9.17, 15) is 9.59 Å². The van der Waals surface area contributed by atoms with Crippen molar-refractivity contribution in [2.75, 3.05) is 20.6 Å². The number of halogens is 1. The molecule has 33 heavy (non-hydrogen) atoms. The fourth-order valence-corrected chi connectivity index (χ4v) is 4.93. The van der Waals surface area contributed by atoms with Gasteiger partial charge in [-0.15, -0.1) is 0 Å². The van der Waals surface area contributed by atoms with Gasteiger partial charge in [-0.05, 0) is 61.6 Å². The maximum Gasteiger partial charge on any atom is 0.267 e. The molecule has 0 unspecified atom stereocenters. The Balaban J connectivity index is 1.59. The van der Waals surface area contributed by atoms with Crippen LogP contribution in [0.15, 0.2) is 65.5 Å². The Morgan fingerprint density at radius 2 is 1.85 bits per heavy atom. The summed E-state index contributed by atoms with van der Waals surface area (Å²) < 4.78 is 1.61. The largest absolute Gasteiger partial charge is 0.345 e. The molecular weight excluding hydrogens is 436 g/mol. The Bertz CT molecular complexity index is 1210. The molecule has 0 atom stereocenters. The van der Waals surface area contributed by atoms with Gasteiger partial charge in [0.15, 0.2) is 0 Å². The number of carbonyl (C=O) groups is 1. The molecular formula is C26H29ClN4O2. The summed E-state index contributed by atoms with van der Waals surface area (Å²) in [4.78, 5) is 26.6. The number of carbonyl (C=O) groups excluding carboxylic acids is 1. The molecule has 0 radical (unpaired) electrons. The number of aromatic nitrogens is 2. The first-order valence-corrected chi connectivity index (χ1v) is 11.6. The molecule has 6 nitrogen and oxygen atoms in total. The molecule has 0 bridgehead atoms. The summed E-state index contributed by atoms with van der Waals surface area (Å²) in [6, 6.07) is 18.6. The van der Waals surface area contributed by atoms with Gasteiger partial charge in [-0.1, -0.05) is 35.9 Å². The van der Waals surface area contributed by atoms with Crippen molar-refractivity contribution in [3.8, 4) is 11.3 Å². The minimum absolute atomic E-state index is 0.00268. The molecule has 1 heterocycles. The van der Waals surface area contributed by atoms with E-state index in [0.717, 1.165) is 36.8 Å². The summed E-state index contributed by atoms with van der Waals surface area (Å²) in [6.07, 6.45) is 3.33. The van der Waals surface area contributed by atoms with Crippen LogP contribution in [-0.4, -0.2) is 41.2 Å². The average Bonchev–Trinajstić information content (AvgIpc) is 2.84. The molecule has 4 rings (SSSR count). The summed E-state index contributed by atoms with van der Waals surface area (Å²) in [7, 11) is 3.45. The van der Waals surface area contributed by atoms with Crippen molar-refractivity contribution in [1.82, 2.24) is 14.7 Å². The lowest BCUT2D eigenvalue weighted by atomic mass is 9.68. The van der Waals surface area contributed by atoms with Gasteiger partial charge in [0.25, 0.3) is 11.5 Å². The zero-order chi connectivity index (χ0) is 23.6. The standard InChI is InChI=1S/C26H29ClN4O2/c1-30(2)25(33)19-6-3-5-18(15-19)23-9-10-24(32)31(29-23)22-11-13-26(17-28,14-12-22)20-7-4-8-21(27)16-20/h3-10,15-16,22H,11-14,17,28H2,1-2H3/t22-,26+. The fraction of sp³-hybridized carbons (Fsp3) is 0.346. The van der Waals surface area contributed by atoms with Crippen LogP contribution in [0.25, 0.3) is 11.3 Å². The highest BCUT2D eigenvalue weighted by Crippen LogP contribution is 2.42. The van der Waals surface area contributed by atoms with Crippen LogP contribution in [0, 0.1) is 0 Å². The molecule has 0 saturated heterocycles. The summed E-state index contributed by atoms with van der Waals surface area (Å²) in [5.41, 5.74) is 9.21. The first kappa shape index (κ1) is 23.2. The van der Waals surface area contributed by atoms with Gasteiger partial charge in [-0.2, -0.15) is 5.10 Å². The van der Waals surface area contributed by atoms with Gasteiger partial charge in [0.2, 0.25) is 0 Å². The topological polar surface area (TPSA) is 81.2 Å². The predicted molar refractivity (Wildman–Crippen MR) is 132 cm³/mol. The second-order valence-electron chi connectivity index (χ2n) is 9.01. The van der Waals surface area contributed by atoms with Crippen molar-refractivity contribution in [3.63, 3.8) is 0 Å². The summed E-state index contributed by atoms with van der Waals surface area (Å²) in [5, 5.41) is 5.41. The minimum Gasteiger partial charge on any atom is -0.345 e. The van der Waals surface area contributed by atoms with E-state index in [-0.39, 0.29) is 22.9 Å². The zero-order valence-electron chi connectivity index (χ0n) is 19.0. The molecule has 3 aromatic rings. The maximum absolute atomic E-state index is 12.7. The first-order valence-electron chi connectivity index (χ1n) is 11.2. The molecule has 1 fully saturated rings. The number of hydrogen-bond donors (Lipinski definition) is 1. The van der Waals surface area contributed by atoms with Gasteiger partial charge in [0.1, 0.15) is 0 Å². The molecule has 1 aromatic heterocycles. The van der Waals surface area contributed by atoms with Crippen LogP contribution in [0.1, 0.15) is 47.6 Å². The molecule has 2 aromatic carbocycles. The molecule has 7 heteroatoms. The number of benzene rings is 2. The van der Waals surface area contributed by atoms with Crippen molar-refractivity contribution in [2.24, 2.45) is 5.73 Å². The van der Waals surface area contributed by atoms with Crippen LogP contribution in [0.2, 0.25) is 5.02 Å². The lowest BCUT2D eigenvalue weighted by Gasteiger charge is -2.40. The molecule has 0 aliphatic heterocycles. The van der Waals surface area contributed by atoms with Crippen LogP contribution in [-0.2, 0) is 5.41 Å². The molecule has 2 N–H and O–H groups in total. The minimum atomic E-state index is -0.135. The van der Waals surface area contributed by atoms with E-state index in [4.69, 9.17) is 22.4 Å². The van der Waals surface area contributed by atoms with Crippen molar-refractivity contribution in [3.05, 3.63) is 87.2 Å². The van der Waals surface area contributed by atoms with Crippen LogP contribution in [0.5, 0.6) is 0 Å². The van der Waals surface area contributed by atoms with E-state index in [1.165, 1.54) is 0 Å². The molecule has 1 saturated carbocycles. The third kappa shape index (κ3) is 4.72. The van der Waals surface area contributed by atoms with E-state index in [2.05, 4.69) is 6.07 Å². The quantitative estimate of drug-likeness (QED) is 0.611. The van der Waals surface area contributed by atoms with Crippen LogP contribution in [0.3, 0.4) is 0 Å². The van der Waals surface area contributed by atoms with Crippen LogP contribution < -0.4 is 11.3 Å². The van der Waals surface area contributed by atoms with E-state index < -0.39 is 0 Å². The van der Waals surface area contributed by atoms with Crippen molar-refractivity contribution in [2.45, 2.75) is 37.1 Å². The molecule has 1 aliphatic rings. The summed E-state index contributed by atoms with van der Waals surface area (Å²) >= 11 is 6.23. The maximum atomic E-state index is 12.7. The Morgan fingerprint density at radius 3 is 2.52 bits per heavy atom. The second kappa shape index (κ2) is 9.49. The zero-order valence-corrected chi connectivity index (χ0v) is 19.8. The SMILES string of the molecule is CN(C)C(=O)c1cccc(-c2ccc(=O)n([C@H]3CC[C@@](CN)(c4cccc(Cl)c4)CC3)n2)c1. The van der Waals surface area contributed by atoms with Crippen LogP contribution >= 0.6 is 11.6 Å². The van der Waals surface area contributed by atoms with Crippen LogP contribution in [0.4, 0.5) is 0 Å². The molecule has 1 aliphatic carbocycles. The van der Waals surface area contributed by atoms with Crippen molar-refractivity contribution >= 4 is 17.5 Å². The first-order chi connectivity index (χ1) is 15.8. The highest BCUT2D eigenvalue weighted by atomic mass is 35.5. The monoisotopic (exact) mass is 464 g/mol. The molecule has 1 amide bonds. The predicted octanol–water partition coefficient (Wildman–Crippen LogP) is 4.28. The average molecular weight is 465 g/mol. The Kier molecular flexibility index (Phi) is 6.68. The lowest BCUT2D eigenvalue weighted by molar-refractivity contribution is 0.0827. The highest BCUT2D eigenvalue weighted by Gasteiger charge is 2.37. The highest BCUT2D eigenvalue weighted by molar-refractivity contribution is 6.30. The van der Waals surface area contributed by atoms with Gasteiger partial charge >= 0.3 is 0 Å². The third-order valence-corrected chi connectivity index (χ3v) is 6.96. The lowest BCUT2D eigenvalue weighted by Crippen LogP contribution is -2.41.